The lowest BCUT2D eigenvalue weighted by atomic mass is 10.2. The Morgan fingerprint density at radius 3 is 2.79 bits per heavy atom. The molecule has 2 rings (SSSR count). The van der Waals surface area contributed by atoms with E-state index in [1.54, 1.807) is 0 Å². The minimum Gasteiger partial charge on any atom is -0.366 e. The molecule has 1 N–H and O–H groups in total. The first-order chi connectivity index (χ1) is 6.66. The zero-order valence-electron chi connectivity index (χ0n) is 9.04. The van der Waals surface area contributed by atoms with E-state index in [0.717, 1.165) is 23.1 Å². The maximum Gasteiger partial charge on any atom is 0.147 e. The molecule has 1 aromatic heterocycles. The number of hydrogen-bond acceptors (Lipinski definition) is 3. The van der Waals surface area contributed by atoms with Crippen molar-refractivity contribution in [1.82, 2.24) is 9.97 Å². The third kappa shape index (κ3) is 2.03. The molecule has 3 nitrogen and oxygen atoms in total. The summed E-state index contributed by atoms with van der Waals surface area (Å²) in [6.07, 6.45) is 4.52. The number of nitrogens with one attached hydrogen (secondary N) is 1. The molecule has 0 aromatic carbocycles. The summed E-state index contributed by atoms with van der Waals surface area (Å²) in [5.74, 6) is 1.79. The highest BCUT2D eigenvalue weighted by Crippen LogP contribution is 2.33. The van der Waals surface area contributed by atoms with E-state index in [9.17, 15) is 0 Å². The molecule has 3 heteroatoms. The second kappa shape index (κ2) is 3.56. The van der Waals surface area contributed by atoms with Gasteiger partial charge in [0.1, 0.15) is 5.82 Å². The number of hydrogen-bond donors (Lipinski definition) is 1. The molecule has 1 aliphatic rings. The van der Waals surface area contributed by atoms with Gasteiger partial charge in [0.05, 0.1) is 11.4 Å². The van der Waals surface area contributed by atoms with Crippen LogP contribution < -0.4 is 5.32 Å². The maximum atomic E-state index is 4.45. The van der Waals surface area contributed by atoms with Gasteiger partial charge in [-0.05, 0) is 39.5 Å². The Hall–Kier alpha value is -1.12. The minimum atomic E-state index is 0.532. The topological polar surface area (TPSA) is 37.8 Å². The zero-order chi connectivity index (χ0) is 10.1. The molecule has 1 aliphatic carbocycles. The molecule has 0 radical (unpaired) electrons. The van der Waals surface area contributed by atoms with Crippen LogP contribution in [0.15, 0.2) is 6.20 Å². The Labute approximate surface area is 85.0 Å². The fourth-order valence-corrected chi connectivity index (χ4v) is 1.60. The first-order valence-corrected chi connectivity index (χ1v) is 5.23. The predicted octanol–water partition coefficient (Wildman–Crippen LogP) is 2.30. The average Bonchev–Trinajstić information content (AvgIpc) is 2.94. The first-order valence-electron chi connectivity index (χ1n) is 5.23. The van der Waals surface area contributed by atoms with Crippen molar-refractivity contribution in [3.05, 3.63) is 17.6 Å². The van der Waals surface area contributed by atoms with E-state index in [-0.39, 0.29) is 0 Å². The molecule has 0 amide bonds. The van der Waals surface area contributed by atoms with Crippen LogP contribution in [0.5, 0.6) is 0 Å². The third-order valence-corrected chi connectivity index (χ3v) is 2.77. The number of anilines is 1. The van der Waals surface area contributed by atoms with Gasteiger partial charge in [0.25, 0.3) is 0 Å². The molecule has 1 heterocycles. The number of rotatable bonds is 3. The van der Waals surface area contributed by atoms with Gasteiger partial charge in [0.15, 0.2) is 0 Å². The Morgan fingerprint density at radius 1 is 1.43 bits per heavy atom. The van der Waals surface area contributed by atoms with Crippen LogP contribution in [0.3, 0.4) is 0 Å². The lowest BCUT2D eigenvalue weighted by Gasteiger charge is -2.14. The molecule has 14 heavy (non-hydrogen) atoms. The van der Waals surface area contributed by atoms with Gasteiger partial charge in [-0.2, -0.15) is 0 Å². The summed E-state index contributed by atoms with van der Waals surface area (Å²) < 4.78 is 0. The van der Waals surface area contributed by atoms with Crippen LogP contribution in [-0.2, 0) is 0 Å². The van der Waals surface area contributed by atoms with Gasteiger partial charge in [0.2, 0.25) is 0 Å². The largest absolute Gasteiger partial charge is 0.366 e. The van der Waals surface area contributed by atoms with Gasteiger partial charge in [-0.1, -0.05) is 0 Å². The van der Waals surface area contributed by atoms with Crippen LogP contribution in [0.25, 0.3) is 0 Å². The molecule has 1 aromatic rings. The smallest absolute Gasteiger partial charge is 0.147 e. The number of aryl methyl sites for hydroxylation is 2. The van der Waals surface area contributed by atoms with Crippen LogP contribution in [0.1, 0.15) is 31.2 Å². The van der Waals surface area contributed by atoms with Crippen LogP contribution in [-0.4, -0.2) is 16.0 Å². The van der Waals surface area contributed by atoms with E-state index in [2.05, 4.69) is 22.2 Å². The van der Waals surface area contributed by atoms with Crippen molar-refractivity contribution in [1.29, 1.82) is 0 Å². The van der Waals surface area contributed by atoms with Crippen LogP contribution >= 0.6 is 0 Å². The Morgan fingerprint density at radius 2 is 2.14 bits per heavy atom. The molecule has 1 unspecified atom stereocenters. The predicted molar refractivity (Wildman–Crippen MR) is 57.3 cm³/mol. The molecular weight excluding hydrogens is 174 g/mol. The lowest BCUT2D eigenvalue weighted by molar-refractivity contribution is 0.688. The normalized spacial score (nSPS) is 17.9. The van der Waals surface area contributed by atoms with Gasteiger partial charge in [-0.25, -0.2) is 4.98 Å². The second-order valence-electron chi connectivity index (χ2n) is 4.22. The van der Waals surface area contributed by atoms with Crippen LogP contribution in [0.4, 0.5) is 5.82 Å². The number of aromatic nitrogens is 2. The van der Waals surface area contributed by atoms with Gasteiger partial charge in [0, 0.05) is 12.2 Å². The van der Waals surface area contributed by atoms with Gasteiger partial charge >= 0.3 is 0 Å². The molecule has 0 saturated heterocycles. The Kier molecular flexibility index (Phi) is 2.40. The summed E-state index contributed by atoms with van der Waals surface area (Å²) in [6.45, 7) is 6.19. The summed E-state index contributed by atoms with van der Waals surface area (Å²) in [7, 11) is 0. The number of nitrogens with zero attached hydrogens (tertiary/aromatic N) is 2. The summed E-state index contributed by atoms with van der Waals surface area (Å²) >= 11 is 0. The van der Waals surface area contributed by atoms with Crippen LogP contribution in [0.2, 0.25) is 0 Å². The molecule has 1 atom stereocenters. The molecule has 76 valence electrons. The summed E-state index contributed by atoms with van der Waals surface area (Å²) in [6, 6.07) is 0.532. The maximum absolute atomic E-state index is 4.45. The monoisotopic (exact) mass is 191 g/mol. The molecular formula is C11H17N3. The van der Waals surface area contributed by atoms with Gasteiger partial charge < -0.3 is 5.32 Å². The summed E-state index contributed by atoms with van der Waals surface area (Å²) in [4.78, 5) is 8.74. The molecule has 0 aliphatic heterocycles. The Balaban J connectivity index is 2.10. The van der Waals surface area contributed by atoms with Crippen molar-refractivity contribution in [3.8, 4) is 0 Å². The molecule has 1 fully saturated rings. The van der Waals surface area contributed by atoms with Crippen molar-refractivity contribution in [2.75, 3.05) is 5.32 Å². The average molecular weight is 191 g/mol. The summed E-state index contributed by atoms with van der Waals surface area (Å²) in [5, 5.41) is 3.44. The van der Waals surface area contributed by atoms with E-state index in [4.69, 9.17) is 0 Å². The minimum absolute atomic E-state index is 0.532. The standard InChI is InChI=1S/C11H17N3/c1-7-6-12-9(3)11(13-7)14-8(2)10-4-5-10/h6,8,10H,4-5H2,1-3H3,(H,13,14). The first kappa shape index (κ1) is 9.44. The van der Waals surface area contributed by atoms with Crippen molar-refractivity contribution < 1.29 is 0 Å². The van der Waals surface area contributed by atoms with Gasteiger partial charge in [-0.15, -0.1) is 0 Å². The van der Waals surface area contributed by atoms with Crippen LogP contribution in [0, 0.1) is 19.8 Å². The fraction of sp³-hybridized carbons (Fsp3) is 0.636. The van der Waals surface area contributed by atoms with E-state index in [1.165, 1.54) is 12.8 Å². The van der Waals surface area contributed by atoms with E-state index >= 15 is 0 Å². The van der Waals surface area contributed by atoms with Crippen molar-refractivity contribution in [2.24, 2.45) is 5.92 Å². The molecule has 1 saturated carbocycles. The van der Waals surface area contributed by atoms with Crippen molar-refractivity contribution >= 4 is 5.82 Å². The Bertz CT molecular complexity index is 331. The fourth-order valence-electron chi connectivity index (χ4n) is 1.60. The third-order valence-electron chi connectivity index (χ3n) is 2.77. The van der Waals surface area contributed by atoms with Gasteiger partial charge in [-0.3, -0.25) is 4.98 Å². The van der Waals surface area contributed by atoms with Crippen molar-refractivity contribution in [3.63, 3.8) is 0 Å². The highest BCUT2D eigenvalue weighted by Gasteiger charge is 2.28. The molecule has 0 spiro atoms. The summed E-state index contributed by atoms with van der Waals surface area (Å²) in [5.41, 5.74) is 1.96. The quantitative estimate of drug-likeness (QED) is 0.796. The lowest BCUT2D eigenvalue weighted by Crippen LogP contribution is -2.19. The highest BCUT2D eigenvalue weighted by molar-refractivity contribution is 5.40. The van der Waals surface area contributed by atoms with Crippen molar-refractivity contribution in [2.45, 2.75) is 39.7 Å². The zero-order valence-corrected chi connectivity index (χ0v) is 9.04. The SMILES string of the molecule is Cc1cnc(C)c(NC(C)C2CC2)n1. The van der Waals surface area contributed by atoms with E-state index < -0.39 is 0 Å². The molecule has 0 bridgehead atoms. The second-order valence-corrected chi connectivity index (χ2v) is 4.22. The van der Waals surface area contributed by atoms with E-state index in [0.29, 0.717) is 6.04 Å². The van der Waals surface area contributed by atoms with E-state index in [1.807, 2.05) is 20.0 Å². The highest BCUT2D eigenvalue weighted by atomic mass is 15.0.